The van der Waals surface area contributed by atoms with Crippen LogP contribution in [0.1, 0.15) is 36.6 Å². The molecule has 4 nitrogen and oxygen atoms in total. The lowest BCUT2D eigenvalue weighted by Gasteiger charge is -2.15. The Morgan fingerprint density at radius 1 is 1.10 bits per heavy atom. The van der Waals surface area contributed by atoms with E-state index in [4.69, 9.17) is 9.47 Å². The van der Waals surface area contributed by atoms with Gasteiger partial charge in [-0.05, 0) is 26.3 Å². The summed E-state index contributed by atoms with van der Waals surface area (Å²) < 4.78 is 10.0. The van der Waals surface area contributed by atoms with E-state index >= 15 is 0 Å². The molecule has 116 valence electrons. The number of carbonyl (C=O) groups is 2. The molecule has 0 bridgehead atoms. The molecule has 0 radical (unpaired) electrons. The zero-order valence-corrected chi connectivity index (χ0v) is 13.6. The second-order valence-corrected chi connectivity index (χ2v) is 5.68. The number of benzene rings is 1. The third kappa shape index (κ3) is 6.21. The summed E-state index contributed by atoms with van der Waals surface area (Å²) in [4.78, 5) is 23.4. The van der Waals surface area contributed by atoms with Gasteiger partial charge >= 0.3 is 11.9 Å². The van der Waals surface area contributed by atoms with Crippen molar-refractivity contribution in [3.8, 4) is 0 Å². The number of thioether (sulfide) groups is 1. The number of hydrogen-bond donors (Lipinski definition) is 0. The number of carbonyl (C=O) groups excluding carboxylic acids is 2. The third-order valence-electron chi connectivity index (χ3n) is 2.78. The van der Waals surface area contributed by atoms with E-state index in [0.717, 1.165) is 11.1 Å². The summed E-state index contributed by atoms with van der Waals surface area (Å²) >= 11 is 1.41. The molecule has 0 heterocycles. The minimum atomic E-state index is -0.403. The minimum Gasteiger partial charge on any atom is -0.466 e. The van der Waals surface area contributed by atoms with E-state index in [2.05, 4.69) is 0 Å². The van der Waals surface area contributed by atoms with E-state index in [1.54, 1.807) is 13.8 Å². The lowest BCUT2D eigenvalue weighted by molar-refractivity contribution is -0.143. The van der Waals surface area contributed by atoms with Crippen LogP contribution >= 0.6 is 11.8 Å². The fourth-order valence-electron chi connectivity index (χ4n) is 1.75. The van der Waals surface area contributed by atoms with Crippen LogP contribution in [0.5, 0.6) is 0 Å². The molecule has 0 saturated carbocycles. The summed E-state index contributed by atoms with van der Waals surface area (Å²) in [7, 11) is 0. The van der Waals surface area contributed by atoms with Gasteiger partial charge in [0.2, 0.25) is 0 Å². The molecule has 1 atom stereocenters. The van der Waals surface area contributed by atoms with Gasteiger partial charge in [0.25, 0.3) is 0 Å². The van der Waals surface area contributed by atoms with Gasteiger partial charge in [0.1, 0.15) is 5.25 Å². The second kappa shape index (κ2) is 9.45. The quantitative estimate of drug-likeness (QED) is 0.690. The maximum atomic E-state index is 12.1. The average Bonchev–Trinajstić information content (AvgIpc) is 2.45. The smallest absolute Gasteiger partial charge is 0.323 e. The van der Waals surface area contributed by atoms with Crippen LogP contribution in [0.3, 0.4) is 0 Å². The maximum absolute atomic E-state index is 12.1. The highest BCUT2D eigenvalue weighted by Gasteiger charge is 2.22. The molecule has 0 N–H and O–H groups in total. The predicted octanol–water partition coefficient (Wildman–Crippen LogP) is 3.29. The molecule has 0 saturated heterocycles. The summed E-state index contributed by atoms with van der Waals surface area (Å²) in [5.41, 5.74) is 2.03. The van der Waals surface area contributed by atoms with Gasteiger partial charge in [0.05, 0.1) is 19.6 Å². The molecule has 0 fully saturated rings. The van der Waals surface area contributed by atoms with Crippen LogP contribution in [-0.4, -0.2) is 30.9 Å². The molecule has 0 amide bonds. The van der Waals surface area contributed by atoms with E-state index in [0.29, 0.717) is 25.4 Å². The molecule has 0 aromatic heterocycles. The average molecular weight is 310 g/mol. The Kier molecular flexibility index (Phi) is 7.90. The van der Waals surface area contributed by atoms with Crippen LogP contribution in [0.15, 0.2) is 24.3 Å². The van der Waals surface area contributed by atoms with E-state index in [-0.39, 0.29) is 11.9 Å². The maximum Gasteiger partial charge on any atom is 0.323 e. The summed E-state index contributed by atoms with van der Waals surface area (Å²) in [6.07, 6.45) is 0.292. The van der Waals surface area contributed by atoms with Crippen molar-refractivity contribution < 1.29 is 19.1 Å². The SMILES string of the molecule is CCOC(=O)CCS[C@H](C(=O)OCC)c1ccc(C)cc1. The number of hydrogen-bond acceptors (Lipinski definition) is 5. The largest absolute Gasteiger partial charge is 0.466 e. The van der Waals surface area contributed by atoms with Crippen LogP contribution in [0.4, 0.5) is 0 Å². The zero-order chi connectivity index (χ0) is 15.7. The highest BCUT2D eigenvalue weighted by Crippen LogP contribution is 2.31. The van der Waals surface area contributed by atoms with Crippen molar-refractivity contribution in [1.29, 1.82) is 0 Å². The molecule has 1 aromatic carbocycles. The number of rotatable bonds is 8. The Labute approximate surface area is 130 Å². The van der Waals surface area contributed by atoms with Gasteiger partial charge < -0.3 is 9.47 Å². The van der Waals surface area contributed by atoms with Gasteiger partial charge in [0, 0.05) is 5.75 Å². The summed E-state index contributed by atoms with van der Waals surface area (Å²) in [6, 6.07) is 7.78. The van der Waals surface area contributed by atoms with Gasteiger partial charge in [-0.15, -0.1) is 11.8 Å². The van der Waals surface area contributed by atoms with Crippen LogP contribution < -0.4 is 0 Å². The van der Waals surface area contributed by atoms with Gasteiger partial charge in [-0.3, -0.25) is 9.59 Å². The molecule has 0 unspecified atom stereocenters. The fraction of sp³-hybridized carbons (Fsp3) is 0.500. The lowest BCUT2D eigenvalue weighted by Crippen LogP contribution is -2.14. The topological polar surface area (TPSA) is 52.6 Å². The van der Waals surface area contributed by atoms with Crippen molar-refractivity contribution in [2.45, 2.75) is 32.4 Å². The van der Waals surface area contributed by atoms with Gasteiger partial charge in [-0.25, -0.2) is 0 Å². The first kappa shape index (κ1) is 17.6. The van der Waals surface area contributed by atoms with Crippen LogP contribution in [0.2, 0.25) is 0 Å². The molecular weight excluding hydrogens is 288 g/mol. The van der Waals surface area contributed by atoms with E-state index in [1.165, 1.54) is 11.8 Å². The Morgan fingerprint density at radius 2 is 1.71 bits per heavy atom. The van der Waals surface area contributed by atoms with Crippen LogP contribution in [0.25, 0.3) is 0 Å². The van der Waals surface area contributed by atoms with Crippen molar-refractivity contribution in [2.75, 3.05) is 19.0 Å². The Hall–Kier alpha value is -1.49. The molecule has 0 aliphatic heterocycles. The Bertz CT molecular complexity index is 456. The van der Waals surface area contributed by atoms with Gasteiger partial charge in [-0.2, -0.15) is 0 Å². The summed E-state index contributed by atoms with van der Waals surface area (Å²) in [5.74, 6) is 0.0163. The number of esters is 2. The van der Waals surface area contributed by atoms with Crippen molar-refractivity contribution in [3.05, 3.63) is 35.4 Å². The molecule has 21 heavy (non-hydrogen) atoms. The number of aryl methyl sites for hydroxylation is 1. The fourth-order valence-corrected chi connectivity index (χ4v) is 2.83. The lowest BCUT2D eigenvalue weighted by atomic mass is 10.1. The molecule has 0 spiro atoms. The summed E-state index contributed by atoms with van der Waals surface area (Å²) in [5, 5.41) is -0.403. The van der Waals surface area contributed by atoms with Crippen LogP contribution in [-0.2, 0) is 19.1 Å². The van der Waals surface area contributed by atoms with Gasteiger partial charge in [0.15, 0.2) is 0 Å². The van der Waals surface area contributed by atoms with Crippen LogP contribution in [0, 0.1) is 6.92 Å². The van der Waals surface area contributed by atoms with E-state index < -0.39 is 5.25 Å². The van der Waals surface area contributed by atoms with Crippen molar-refractivity contribution in [1.82, 2.24) is 0 Å². The molecule has 0 aliphatic rings. The molecule has 1 rings (SSSR count). The Morgan fingerprint density at radius 3 is 2.29 bits per heavy atom. The molecule has 0 aliphatic carbocycles. The predicted molar refractivity (Wildman–Crippen MR) is 84.3 cm³/mol. The first-order valence-corrected chi connectivity index (χ1v) is 8.13. The first-order valence-electron chi connectivity index (χ1n) is 7.08. The number of ether oxygens (including phenoxy) is 2. The minimum absolute atomic E-state index is 0.239. The monoisotopic (exact) mass is 310 g/mol. The summed E-state index contributed by atoms with van der Waals surface area (Å²) in [6.45, 7) is 6.28. The normalized spacial score (nSPS) is 11.8. The van der Waals surface area contributed by atoms with Gasteiger partial charge in [-0.1, -0.05) is 29.8 Å². The second-order valence-electron chi connectivity index (χ2n) is 4.47. The Balaban J connectivity index is 2.67. The van der Waals surface area contributed by atoms with Crippen molar-refractivity contribution in [3.63, 3.8) is 0 Å². The highest BCUT2D eigenvalue weighted by molar-refractivity contribution is 8.00. The third-order valence-corrected chi connectivity index (χ3v) is 4.01. The highest BCUT2D eigenvalue weighted by atomic mass is 32.2. The first-order chi connectivity index (χ1) is 10.1. The van der Waals surface area contributed by atoms with E-state index in [9.17, 15) is 9.59 Å². The molecule has 5 heteroatoms. The van der Waals surface area contributed by atoms with E-state index in [1.807, 2.05) is 31.2 Å². The molecular formula is C16H22O4S. The van der Waals surface area contributed by atoms with Crippen molar-refractivity contribution >= 4 is 23.7 Å². The zero-order valence-electron chi connectivity index (χ0n) is 12.8. The van der Waals surface area contributed by atoms with Crippen molar-refractivity contribution in [2.24, 2.45) is 0 Å². The standard InChI is InChI=1S/C16H22O4S/c1-4-19-14(17)10-11-21-15(16(18)20-5-2)13-8-6-12(3)7-9-13/h6-9,15H,4-5,10-11H2,1-3H3/t15-/m0/s1. The molecule has 1 aromatic rings.